The summed E-state index contributed by atoms with van der Waals surface area (Å²) in [6.45, 7) is 5.41. The molecule has 1 aliphatic carbocycles. The zero-order chi connectivity index (χ0) is 28.5. The summed E-state index contributed by atoms with van der Waals surface area (Å²) in [6.07, 6.45) is -15.3. The van der Waals surface area contributed by atoms with E-state index in [1.54, 1.807) is 13.8 Å². The van der Waals surface area contributed by atoms with E-state index in [2.05, 4.69) is 0 Å². The Hall–Kier alpha value is -1.10. The highest BCUT2D eigenvalue weighted by Gasteiger charge is 2.50. The lowest BCUT2D eigenvalue weighted by Crippen LogP contribution is -2.61. The molecule has 220 valence electrons. The van der Waals surface area contributed by atoms with Crippen LogP contribution in [0.25, 0.3) is 0 Å². The first-order valence-electron chi connectivity index (χ1n) is 13.1. The standard InChI is InChI=1S/C25H42O13/c1-9(2)24-22(33)20(31)19(30)17(36-24)8-35-14-5-12(10(3)27)13(11(4)28)6-15(14)37-25-23(34)21(32)18(29)16(7-26)38-25/h9,12-26,29-34H,5-8H2,1-4H3. The van der Waals surface area contributed by atoms with Gasteiger partial charge in [-0.05, 0) is 32.6 Å². The maximum atomic E-state index is 12.4. The molecule has 13 nitrogen and oxygen atoms in total. The molecule has 0 bridgehead atoms. The molecule has 2 saturated heterocycles. The predicted molar refractivity (Wildman–Crippen MR) is 127 cm³/mol. The van der Waals surface area contributed by atoms with Crippen LogP contribution in [0.3, 0.4) is 0 Å². The molecule has 2 aliphatic heterocycles. The van der Waals surface area contributed by atoms with E-state index >= 15 is 0 Å². The van der Waals surface area contributed by atoms with Crippen LogP contribution in [0.5, 0.6) is 0 Å². The summed E-state index contributed by atoms with van der Waals surface area (Å²) in [7, 11) is 0. The highest BCUT2D eigenvalue weighted by Crippen LogP contribution is 2.37. The maximum absolute atomic E-state index is 12.4. The number of Topliss-reactive ketones (excluding diaryl/α,β-unsaturated/α-hetero) is 2. The molecule has 0 spiro atoms. The van der Waals surface area contributed by atoms with E-state index in [0.29, 0.717) is 0 Å². The second-order valence-electron chi connectivity index (χ2n) is 11.0. The molecular formula is C25H42O13. The minimum Gasteiger partial charge on any atom is -0.394 e. The largest absolute Gasteiger partial charge is 0.394 e. The van der Waals surface area contributed by atoms with Gasteiger partial charge in [-0.15, -0.1) is 0 Å². The number of hydrogen-bond acceptors (Lipinski definition) is 13. The van der Waals surface area contributed by atoms with Crippen LogP contribution in [0.1, 0.15) is 40.5 Å². The highest BCUT2D eigenvalue weighted by atomic mass is 16.7. The van der Waals surface area contributed by atoms with Gasteiger partial charge in [-0.2, -0.15) is 0 Å². The van der Waals surface area contributed by atoms with Gasteiger partial charge in [0.15, 0.2) is 6.29 Å². The fraction of sp³-hybridized carbons (Fsp3) is 0.920. The molecule has 3 rings (SSSR count). The average molecular weight is 551 g/mol. The molecule has 3 aliphatic rings. The van der Waals surface area contributed by atoms with Crippen molar-refractivity contribution < 1.29 is 64.3 Å². The van der Waals surface area contributed by atoms with Crippen molar-refractivity contribution in [1.29, 1.82) is 0 Å². The molecule has 14 atom stereocenters. The zero-order valence-corrected chi connectivity index (χ0v) is 22.1. The number of aliphatic hydroxyl groups is 7. The van der Waals surface area contributed by atoms with Crippen molar-refractivity contribution in [3.63, 3.8) is 0 Å². The van der Waals surface area contributed by atoms with Crippen LogP contribution in [-0.2, 0) is 28.5 Å². The quantitative estimate of drug-likeness (QED) is 0.155. The molecule has 0 aromatic heterocycles. The molecule has 1 saturated carbocycles. The van der Waals surface area contributed by atoms with Gasteiger partial charge in [0, 0.05) is 11.8 Å². The summed E-state index contributed by atoms with van der Waals surface area (Å²) >= 11 is 0. The average Bonchev–Trinajstić information content (AvgIpc) is 2.86. The molecule has 0 aromatic rings. The molecule has 14 unspecified atom stereocenters. The van der Waals surface area contributed by atoms with E-state index in [1.165, 1.54) is 13.8 Å². The molecule has 0 radical (unpaired) electrons. The fourth-order valence-electron chi connectivity index (χ4n) is 5.59. The minimum absolute atomic E-state index is 0.0172. The first kappa shape index (κ1) is 31.4. The first-order chi connectivity index (χ1) is 17.8. The van der Waals surface area contributed by atoms with Crippen molar-refractivity contribution in [3.05, 3.63) is 0 Å². The second kappa shape index (κ2) is 13.0. The Kier molecular flexibility index (Phi) is 10.8. The van der Waals surface area contributed by atoms with Crippen LogP contribution >= 0.6 is 0 Å². The second-order valence-corrected chi connectivity index (χ2v) is 11.0. The molecular weight excluding hydrogens is 508 g/mol. The third-order valence-corrected chi connectivity index (χ3v) is 7.96. The van der Waals surface area contributed by atoms with Gasteiger partial charge in [0.05, 0.1) is 31.5 Å². The molecule has 2 heterocycles. The summed E-state index contributed by atoms with van der Waals surface area (Å²) in [5, 5.41) is 71.2. The van der Waals surface area contributed by atoms with Gasteiger partial charge in [0.1, 0.15) is 60.4 Å². The van der Waals surface area contributed by atoms with E-state index in [-0.39, 0.29) is 36.9 Å². The predicted octanol–water partition coefficient (Wildman–Crippen LogP) is -2.73. The normalized spacial score (nSPS) is 46.2. The van der Waals surface area contributed by atoms with Crippen molar-refractivity contribution in [2.24, 2.45) is 17.8 Å². The first-order valence-corrected chi connectivity index (χ1v) is 13.1. The van der Waals surface area contributed by atoms with E-state index in [9.17, 15) is 45.3 Å². The van der Waals surface area contributed by atoms with Crippen LogP contribution < -0.4 is 0 Å². The van der Waals surface area contributed by atoms with Gasteiger partial charge in [0.2, 0.25) is 0 Å². The third kappa shape index (κ3) is 6.61. The summed E-state index contributed by atoms with van der Waals surface area (Å²) in [5.74, 6) is -2.03. The Bertz CT molecular complexity index is 806. The molecule has 38 heavy (non-hydrogen) atoms. The summed E-state index contributed by atoms with van der Waals surface area (Å²) in [6, 6.07) is 0. The number of rotatable bonds is 9. The van der Waals surface area contributed by atoms with Gasteiger partial charge in [0.25, 0.3) is 0 Å². The van der Waals surface area contributed by atoms with E-state index in [0.717, 1.165) is 0 Å². The third-order valence-electron chi connectivity index (χ3n) is 7.96. The van der Waals surface area contributed by atoms with E-state index < -0.39 is 91.9 Å². The molecule has 7 N–H and O–H groups in total. The van der Waals surface area contributed by atoms with Crippen LogP contribution in [-0.4, -0.2) is 134 Å². The van der Waals surface area contributed by atoms with E-state index in [4.69, 9.17) is 18.9 Å². The lowest BCUT2D eigenvalue weighted by atomic mass is 9.73. The van der Waals surface area contributed by atoms with Crippen molar-refractivity contribution in [2.75, 3.05) is 13.2 Å². The Morgan fingerprint density at radius 3 is 1.82 bits per heavy atom. The number of hydrogen-bond donors (Lipinski definition) is 7. The monoisotopic (exact) mass is 550 g/mol. The summed E-state index contributed by atoms with van der Waals surface area (Å²) in [4.78, 5) is 24.8. The van der Waals surface area contributed by atoms with Crippen LogP contribution in [0.15, 0.2) is 0 Å². The topological polar surface area (TPSA) is 213 Å². The molecule has 13 heteroatoms. The fourth-order valence-corrected chi connectivity index (χ4v) is 5.59. The highest BCUT2D eigenvalue weighted by molar-refractivity contribution is 5.87. The smallest absolute Gasteiger partial charge is 0.187 e. The van der Waals surface area contributed by atoms with Crippen molar-refractivity contribution in [1.82, 2.24) is 0 Å². The zero-order valence-electron chi connectivity index (χ0n) is 22.1. The number of carbonyl (C=O) groups is 2. The molecule has 0 amide bonds. The van der Waals surface area contributed by atoms with Crippen molar-refractivity contribution in [3.8, 4) is 0 Å². The lowest BCUT2D eigenvalue weighted by Gasteiger charge is -2.46. The van der Waals surface area contributed by atoms with Gasteiger partial charge in [-0.3, -0.25) is 9.59 Å². The van der Waals surface area contributed by atoms with Gasteiger partial charge in [-0.1, -0.05) is 13.8 Å². The number of aliphatic hydroxyl groups excluding tert-OH is 7. The molecule has 3 fully saturated rings. The SMILES string of the molecule is CC(=O)C1CC(OCC2OC(C(C)C)C(O)C(O)C2O)C(OC2OC(CO)C(O)C(O)C2O)CC1C(C)=O. The van der Waals surface area contributed by atoms with Crippen LogP contribution in [0, 0.1) is 17.8 Å². The van der Waals surface area contributed by atoms with E-state index in [1.807, 2.05) is 0 Å². The summed E-state index contributed by atoms with van der Waals surface area (Å²) < 4.78 is 23.3. The van der Waals surface area contributed by atoms with Gasteiger partial charge >= 0.3 is 0 Å². The Labute approximate surface area is 221 Å². The lowest BCUT2D eigenvalue weighted by molar-refractivity contribution is -0.323. The number of ketones is 2. The summed E-state index contributed by atoms with van der Waals surface area (Å²) in [5.41, 5.74) is 0. The van der Waals surface area contributed by atoms with Crippen LogP contribution in [0.2, 0.25) is 0 Å². The minimum atomic E-state index is -1.68. The van der Waals surface area contributed by atoms with Crippen molar-refractivity contribution >= 4 is 11.6 Å². The van der Waals surface area contributed by atoms with Gasteiger partial charge < -0.3 is 54.7 Å². The number of carbonyl (C=O) groups excluding carboxylic acids is 2. The number of ether oxygens (including phenoxy) is 4. The molecule has 0 aromatic carbocycles. The van der Waals surface area contributed by atoms with Crippen molar-refractivity contribution in [2.45, 2.75) is 114 Å². The van der Waals surface area contributed by atoms with Crippen LogP contribution in [0.4, 0.5) is 0 Å². The Morgan fingerprint density at radius 1 is 0.763 bits per heavy atom. The van der Waals surface area contributed by atoms with Gasteiger partial charge in [-0.25, -0.2) is 0 Å². The Morgan fingerprint density at radius 2 is 1.29 bits per heavy atom. The Balaban J connectivity index is 1.80. The maximum Gasteiger partial charge on any atom is 0.187 e.